The Labute approximate surface area is 119 Å². The van der Waals surface area contributed by atoms with Gasteiger partial charge in [0.05, 0.1) is 18.1 Å². The smallest absolute Gasteiger partial charge is 0.142 e. The minimum Gasteiger partial charge on any atom is -0.374 e. The molecule has 2 atom stereocenters. The summed E-state index contributed by atoms with van der Waals surface area (Å²) >= 11 is 1.70. The van der Waals surface area contributed by atoms with Crippen LogP contribution in [0.2, 0.25) is 0 Å². The van der Waals surface area contributed by atoms with Crippen molar-refractivity contribution >= 4 is 17.5 Å². The molecule has 0 aliphatic carbocycles. The minimum absolute atomic E-state index is 0.0983. The number of ketones is 1. The van der Waals surface area contributed by atoms with Gasteiger partial charge < -0.3 is 10.1 Å². The van der Waals surface area contributed by atoms with Crippen LogP contribution in [-0.4, -0.2) is 37.8 Å². The molecule has 0 bridgehead atoms. The third kappa shape index (κ3) is 2.86. The summed E-state index contributed by atoms with van der Waals surface area (Å²) in [4.78, 5) is 13.4. The average molecular weight is 279 g/mol. The third-order valence-corrected chi connectivity index (χ3v) is 4.74. The number of thioether (sulfide) groups is 1. The first kappa shape index (κ1) is 14.6. The number of nitrogens with one attached hydrogen (secondary N) is 1. The normalized spacial score (nSPS) is 22.8. The number of carbonyl (C=O) groups excluding carboxylic acids is 1. The number of ether oxygens (including phenoxy) is 1. The van der Waals surface area contributed by atoms with Crippen molar-refractivity contribution < 1.29 is 9.53 Å². The summed E-state index contributed by atoms with van der Waals surface area (Å²) in [5.74, 6) is 0.151. The van der Waals surface area contributed by atoms with E-state index in [0.717, 1.165) is 18.7 Å². The molecule has 1 N–H and O–H groups in total. The fraction of sp³-hybridized carbons (Fsp3) is 0.533. The van der Waals surface area contributed by atoms with Gasteiger partial charge in [0.25, 0.3) is 0 Å². The van der Waals surface area contributed by atoms with Gasteiger partial charge in [-0.2, -0.15) is 0 Å². The predicted octanol–water partition coefficient (Wildman–Crippen LogP) is 2.24. The quantitative estimate of drug-likeness (QED) is 0.858. The van der Waals surface area contributed by atoms with Gasteiger partial charge in [0.1, 0.15) is 5.78 Å². The van der Waals surface area contributed by atoms with Gasteiger partial charge in [0.2, 0.25) is 0 Å². The molecule has 1 aromatic rings. The summed E-state index contributed by atoms with van der Waals surface area (Å²) in [7, 11) is 0. The molecule has 0 spiro atoms. The lowest BCUT2D eigenvalue weighted by Crippen LogP contribution is -2.53. The van der Waals surface area contributed by atoms with Crippen LogP contribution >= 0.6 is 11.8 Å². The lowest BCUT2D eigenvalue weighted by Gasteiger charge is -2.38. The Morgan fingerprint density at radius 2 is 2.11 bits per heavy atom. The van der Waals surface area contributed by atoms with Gasteiger partial charge in [0.15, 0.2) is 0 Å². The molecule has 1 aliphatic rings. The zero-order chi connectivity index (χ0) is 13.9. The maximum atomic E-state index is 12.2. The van der Waals surface area contributed by atoms with Crippen molar-refractivity contribution in [2.75, 3.05) is 26.0 Å². The fourth-order valence-electron chi connectivity index (χ4n) is 2.49. The summed E-state index contributed by atoms with van der Waals surface area (Å²) in [5, 5.41) is 3.31. The zero-order valence-electron chi connectivity index (χ0n) is 11.7. The molecular formula is C15H21NO2S. The van der Waals surface area contributed by atoms with Crippen LogP contribution in [0.25, 0.3) is 0 Å². The van der Waals surface area contributed by atoms with E-state index in [9.17, 15) is 4.79 Å². The van der Waals surface area contributed by atoms with Crippen LogP contribution in [-0.2, 0) is 14.9 Å². The lowest BCUT2D eigenvalue weighted by atomic mass is 9.74. The highest BCUT2D eigenvalue weighted by Gasteiger charge is 2.41. The van der Waals surface area contributed by atoms with Crippen LogP contribution in [0.1, 0.15) is 19.4 Å². The summed E-state index contributed by atoms with van der Waals surface area (Å²) in [6.07, 6.45) is 1.95. The molecular weight excluding hydrogens is 258 g/mol. The van der Waals surface area contributed by atoms with E-state index in [2.05, 4.69) is 17.4 Å². The van der Waals surface area contributed by atoms with Crippen molar-refractivity contribution in [2.24, 2.45) is 0 Å². The van der Waals surface area contributed by atoms with E-state index in [1.54, 1.807) is 18.7 Å². The number of morpholine rings is 1. The maximum absolute atomic E-state index is 12.2. The topological polar surface area (TPSA) is 38.3 Å². The maximum Gasteiger partial charge on any atom is 0.142 e. The van der Waals surface area contributed by atoms with Gasteiger partial charge in [0, 0.05) is 18.0 Å². The van der Waals surface area contributed by atoms with Crippen LogP contribution in [0.15, 0.2) is 29.2 Å². The number of hydrogen-bond acceptors (Lipinski definition) is 4. The number of carbonyl (C=O) groups is 1. The summed E-state index contributed by atoms with van der Waals surface area (Å²) in [6, 6.07) is 8.23. The molecule has 0 saturated carbocycles. The summed E-state index contributed by atoms with van der Waals surface area (Å²) in [5.41, 5.74) is 0.455. The van der Waals surface area contributed by atoms with Gasteiger partial charge in [-0.05, 0) is 37.8 Å². The molecule has 0 radical (unpaired) electrons. The molecule has 0 amide bonds. The summed E-state index contributed by atoms with van der Waals surface area (Å²) < 4.78 is 5.83. The number of rotatable bonds is 4. The number of hydrogen-bond donors (Lipinski definition) is 1. The standard InChI is InChI=1S/C15H21NO2S/c1-11(17)15(2,14-10-16-8-9-18-14)12-4-6-13(19-3)7-5-12/h4-7,14,16H,8-10H2,1-3H3. The molecule has 0 aromatic heterocycles. The highest BCUT2D eigenvalue weighted by Crippen LogP contribution is 2.32. The molecule has 3 nitrogen and oxygen atoms in total. The van der Waals surface area contributed by atoms with Crippen LogP contribution in [0.4, 0.5) is 0 Å². The minimum atomic E-state index is -0.579. The Balaban J connectivity index is 2.33. The highest BCUT2D eigenvalue weighted by atomic mass is 32.2. The van der Waals surface area contributed by atoms with E-state index in [-0.39, 0.29) is 11.9 Å². The van der Waals surface area contributed by atoms with Crippen molar-refractivity contribution in [2.45, 2.75) is 30.3 Å². The molecule has 1 heterocycles. The highest BCUT2D eigenvalue weighted by molar-refractivity contribution is 7.98. The molecule has 2 rings (SSSR count). The fourth-order valence-corrected chi connectivity index (χ4v) is 2.90. The third-order valence-electron chi connectivity index (χ3n) is 3.99. The Morgan fingerprint density at radius 3 is 2.58 bits per heavy atom. The molecule has 1 aromatic carbocycles. The average Bonchev–Trinajstić information content (AvgIpc) is 2.47. The van der Waals surface area contributed by atoms with Gasteiger partial charge in [-0.3, -0.25) is 4.79 Å². The van der Waals surface area contributed by atoms with E-state index in [4.69, 9.17) is 4.74 Å². The summed E-state index contributed by atoms with van der Waals surface area (Å²) in [6.45, 7) is 5.88. The Morgan fingerprint density at radius 1 is 1.42 bits per heavy atom. The van der Waals surface area contributed by atoms with Crippen molar-refractivity contribution in [3.63, 3.8) is 0 Å². The molecule has 1 saturated heterocycles. The molecule has 1 aliphatic heterocycles. The predicted molar refractivity (Wildman–Crippen MR) is 78.9 cm³/mol. The van der Waals surface area contributed by atoms with Crippen molar-refractivity contribution in [1.29, 1.82) is 0 Å². The SMILES string of the molecule is CSc1ccc(C(C)(C(C)=O)C2CNCCO2)cc1. The van der Waals surface area contributed by atoms with Crippen LogP contribution in [0.5, 0.6) is 0 Å². The van der Waals surface area contributed by atoms with E-state index < -0.39 is 5.41 Å². The van der Waals surface area contributed by atoms with Gasteiger partial charge in [-0.25, -0.2) is 0 Å². The lowest BCUT2D eigenvalue weighted by molar-refractivity contribution is -0.129. The molecule has 19 heavy (non-hydrogen) atoms. The van der Waals surface area contributed by atoms with Gasteiger partial charge in [-0.1, -0.05) is 12.1 Å². The molecule has 1 fully saturated rings. The second-order valence-electron chi connectivity index (χ2n) is 5.05. The van der Waals surface area contributed by atoms with E-state index >= 15 is 0 Å². The Bertz CT molecular complexity index is 440. The van der Waals surface area contributed by atoms with Crippen molar-refractivity contribution in [3.8, 4) is 0 Å². The number of Topliss-reactive ketones (excluding diaryl/α,β-unsaturated/α-hetero) is 1. The second kappa shape index (κ2) is 6.07. The second-order valence-corrected chi connectivity index (χ2v) is 5.93. The van der Waals surface area contributed by atoms with E-state index in [0.29, 0.717) is 6.61 Å². The molecule has 4 heteroatoms. The van der Waals surface area contributed by atoms with E-state index in [1.165, 1.54) is 4.90 Å². The Hall–Kier alpha value is -0.840. The first-order chi connectivity index (χ1) is 9.09. The monoisotopic (exact) mass is 279 g/mol. The van der Waals surface area contributed by atoms with Crippen LogP contribution in [0.3, 0.4) is 0 Å². The first-order valence-electron chi connectivity index (χ1n) is 6.57. The largest absolute Gasteiger partial charge is 0.374 e. The van der Waals surface area contributed by atoms with Crippen molar-refractivity contribution in [1.82, 2.24) is 5.32 Å². The molecule has 104 valence electrons. The Kier molecular flexibility index (Phi) is 4.66. The van der Waals surface area contributed by atoms with Gasteiger partial charge >= 0.3 is 0 Å². The van der Waals surface area contributed by atoms with Gasteiger partial charge in [-0.15, -0.1) is 11.8 Å². The zero-order valence-corrected chi connectivity index (χ0v) is 12.5. The van der Waals surface area contributed by atoms with Crippen LogP contribution < -0.4 is 5.32 Å². The first-order valence-corrected chi connectivity index (χ1v) is 7.79. The van der Waals surface area contributed by atoms with Crippen molar-refractivity contribution in [3.05, 3.63) is 29.8 Å². The van der Waals surface area contributed by atoms with Crippen LogP contribution in [0, 0.1) is 0 Å². The van der Waals surface area contributed by atoms with E-state index in [1.807, 2.05) is 25.3 Å². The number of benzene rings is 1. The molecule has 2 unspecified atom stereocenters.